The number of imide groups is 1. The molecule has 2 aliphatic rings. The second kappa shape index (κ2) is 11.6. The molecular formula is C30H29ClN4O3S. The maximum Gasteiger partial charge on any atom is 0.247 e. The number of rotatable bonds is 7. The summed E-state index contributed by atoms with van der Waals surface area (Å²) in [6, 6.07) is 22.4. The van der Waals surface area contributed by atoms with E-state index < -0.39 is 5.25 Å². The summed E-state index contributed by atoms with van der Waals surface area (Å²) in [5, 5.41) is 15.5. The average molecular weight is 561 g/mol. The number of amidine groups is 1. The van der Waals surface area contributed by atoms with Crippen LogP contribution in [-0.4, -0.2) is 39.6 Å². The zero-order valence-electron chi connectivity index (χ0n) is 21.8. The molecule has 0 unspecified atom stereocenters. The Morgan fingerprint density at radius 2 is 1.72 bits per heavy atom. The Kier molecular flexibility index (Phi) is 8.04. The lowest BCUT2D eigenvalue weighted by Gasteiger charge is -2.24. The summed E-state index contributed by atoms with van der Waals surface area (Å²) < 4.78 is 5.61. The first-order valence-corrected chi connectivity index (χ1v) is 14.1. The topological polar surface area (TPSA) is 86.1 Å². The fourth-order valence-electron chi connectivity index (χ4n) is 4.63. The van der Waals surface area contributed by atoms with Gasteiger partial charge < -0.3 is 4.74 Å². The van der Waals surface area contributed by atoms with Gasteiger partial charge in [-0.2, -0.15) is 5.10 Å². The maximum atomic E-state index is 13.3. The third kappa shape index (κ3) is 5.87. The van der Waals surface area contributed by atoms with Crippen molar-refractivity contribution in [1.29, 1.82) is 5.41 Å². The number of carbonyl (C=O) groups excluding carboxylic acids is 2. The van der Waals surface area contributed by atoms with Crippen molar-refractivity contribution in [1.82, 2.24) is 5.01 Å². The van der Waals surface area contributed by atoms with Crippen LogP contribution in [0.25, 0.3) is 0 Å². The first-order chi connectivity index (χ1) is 18.8. The molecule has 0 radical (unpaired) electrons. The van der Waals surface area contributed by atoms with Crippen LogP contribution in [0.5, 0.6) is 5.75 Å². The third-order valence-electron chi connectivity index (χ3n) is 6.68. The number of hydrogen-bond donors (Lipinski definition) is 1. The van der Waals surface area contributed by atoms with Crippen molar-refractivity contribution < 1.29 is 14.3 Å². The Morgan fingerprint density at radius 3 is 2.38 bits per heavy atom. The van der Waals surface area contributed by atoms with Crippen molar-refractivity contribution >= 4 is 51.7 Å². The van der Waals surface area contributed by atoms with Gasteiger partial charge in [-0.3, -0.25) is 15.0 Å². The van der Waals surface area contributed by atoms with E-state index >= 15 is 0 Å². The van der Waals surface area contributed by atoms with Crippen LogP contribution in [0, 0.1) is 12.3 Å². The highest BCUT2D eigenvalue weighted by atomic mass is 35.5. The van der Waals surface area contributed by atoms with Gasteiger partial charge in [0.25, 0.3) is 0 Å². The number of aryl methyl sites for hydroxylation is 1. The van der Waals surface area contributed by atoms with Gasteiger partial charge in [0.2, 0.25) is 11.8 Å². The molecule has 5 rings (SSSR count). The predicted octanol–water partition coefficient (Wildman–Crippen LogP) is 6.59. The number of nitrogens with one attached hydrogen (secondary N) is 1. The molecular weight excluding hydrogens is 532 g/mol. The Morgan fingerprint density at radius 1 is 1.03 bits per heavy atom. The second-order valence-electron chi connectivity index (χ2n) is 9.55. The molecule has 1 saturated heterocycles. The molecule has 0 spiro atoms. The minimum absolute atomic E-state index is 0.0218. The van der Waals surface area contributed by atoms with Gasteiger partial charge in [-0.05, 0) is 60.9 Å². The van der Waals surface area contributed by atoms with E-state index in [1.165, 1.54) is 4.90 Å². The van der Waals surface area contributed by atoms with Crippen LogP contribution in [-0.2, 0) is 9.59 Å². The van der Waals surface area contributed by atoms with E-state index in [1.54, 1.807) is 29.3 Å². The SMILES string of the molecule is CCCOc1ccc(N2C(=O)C[C@H](SC(=N)N3N=C(c4ccc(C)cc4)C[C@H]3c3ccc(Cl)cc3)C2=O)cc1. The van der Waals surface area contributed by atoms with Gasteiger partial charge >= 0.3 is 0 Å². The van der Waals surface area contributed by atoms with Crippen LogP contribution in [0.3, 0.4) is 0 Å². The number of nitrogens with zero attached hydrogens (tertiary/aromatic N) is 3. The number of benzene rings is 3. The molecule has 1 fully saturated rings. The summed E-state index contributed by atoms with van der Waals surface area (Å²) in [6.07, 6.45) is 1.51. The summed E-state index contributed by atoms with van der Waals surface area (Å²) in [5.74, 6) is 0.0749. The first-order valence-electron chi connectivity index (χ1n) is 12.9. The number of amides is 2. The largest absolute Gasteiger partial charge is 0.494 e. The van der Waals surface area contributed by atoms with E-state index in [9.17, 15) is 9.59 Å². The maximum absolute atomic E-state index is 13.3. The molecule has 0 aromatic heterocycles. The van der Waals surface area contributed by atoms with Gasteiger partial charge in [-0.1, -0.05) is 72.2 Å². The van der Waals surface area contributed by atoms with Crippen LogP contribution in [0.1, 0.15) is 48.9 Å². The van der Waals surface area contributed by atoms with E-state index in [2.05, 4.69) is 0 Å². The van der Waals surface area contributed by atoms with E-state index in [4.69, 9.17) is 26.8 Å². The minimum Gasteiger partial charge on any atom is -0.494 e. The third-order valence-corrected chi connectivity index (χ3v) is 8.00. The number of thioether (sulfide) groups is 1. The van der Waals surface area contributed by atoms with Gasteiger partial charge in [0.05, 0.1) is 24.0 Å². The molecule has 2 heterocycles. The van der Waals surface area contributed by atoms with Gasteiger partial charge in [0, 0.05) is 17.9 Å². The first kappa shape index (κ1) is 27.0. The number of hydrazone groups is 1. The lowest BCUT2D eigenvalue weighted by atomic mass is 9.98. The molecule has 0 aliphatic carbocycles. The van der Waals surface area contributed by atoms with E-state index in [0.717, 1.165) is 40.6 Å². The summed E-state index contributed by atoms with van der Waals surface area (Å²) in [6.45, 7) is 4.66. The van der Waals surface area contributed by atoms with Crippen molar-refractivity contribution in [2.75, 3.05) is 11.5 Å². The van der Waals surface area contributed by atoms with Crippen LogP contribution >= 0.6 is 23.4 Å². The molecule has 3 aromatic rings. The Balaban J connectivity index is 1.35. The number of halogens is 1. The van der Waals surface area contributed by atoms with Gasteiger partial charge in [0.1, 0.15) is 11.0 Å². The molecule has 7 nitrogen and oxygen atoms in total. The van der Waals surface area contributed by atoms with Crippen molar-refractivity contribution in [2.24, 2.45) is 5.10 Å². The Bertz CT molecular complexity index is 1410. The Hall–Kier alpha value is -3.62. The highest BCUT2D eigenvalue weighted by Crippen LogP contribution is 2.38. The number of anilines is 1. The quantitative estimate of drug-likeness (QED) is 0.200. The molecule has 0 saturated carbocycles. The standard InChI is InChI=1S/C30H29ClN4O3S/c1-3-16-38-24-14-12-23(13-15-24)34-28(36)18-27(29(34)37)39-30(32)35-26(21-8-10-22(31)11-9-21)17-25(33-35)20-6-4-19(2)5-7-20/h4-15,26-27,32H,3,16-18H2,1-2H3/t26-,27-/m0/s1. The monoisotopic (exact) mass is 560 g/mol. The lowest BCUT2D eigenvalue weighted by Crippen LogP contribution is -2.32. The van der Waals surface area contributed by atoms with Crippen molar-refractivity contribution in [2.45, 2.75) is 44.4 Å². The zero-order chi connectivity index (χ0) is 27.5. The van der Waals surface area contributed by atoms with Crippen LogP contribution in [0.15, 0.2) is 77.9 Å². The van der Waals surface area contributed by atoms with E-state index in [1.807, 2.05) is 62.4 Å². The molecule has 2 amide bonds. The van der Waals surface area contributed by atoms with Crippen molar-refractivity contribution in [3.8, 4) is 5.75 Å². The number of hydrogen-bond acceptors (Lipinski definition) is 6. The van der Waals surface area contributed by atoms with Crippen molar-refractivity contribution in [3.63, 3.8) is 0 Å². The van der Waals surface area contributed by atoms with E-state index in [0.29, 0.717) is 29.5 Å². The minimum atomic E-state index is -0.703. The van der Waals surface area contributed by atoms with Gasteiger partial charge in [-0.25, -0.2) is 9.91 Å². The number of ether oxygens (including phenoxy) is 1. The molecule has 9 heteroatoms. The molecule has 0 bridgehead atoms. The fraction of sp³-hybridized carbons (Fsp3) is 0.267. The average Bonchev–Trinajstić information content (AvgIpc) is 3.50. The zero-order valence-corrected chi connectivity index (χ0v) is 23.3. The molecule has 39 heavy (non-hydrogen) atoms. The normalized spacial score (nSPS) is 19.0. The van der Waals surface area contributed by atoms with Crippen LogP contribution in [0.2, 0.25) is 5.02 Å². The Labute approximate surface area is 237 Å². The molecule has 200 valence electrons. The van der Waals surface area contributed by atoms with Crippen LogP contribution < -0.4 is 9.64 Å². The summed E-state index contributed by atoms with van der Waals surface area (Å²) in [4.78, 5) is 27.4. The van der Waals surface area contributed by atoms with Crippen molar-refractivity contribution in [3.05, 3.63) is 94.5 Å². The molecule has 3 aromatic carbocycles. The van der Waals surface area contributed by atoms with E-state index in [-0.39, 0.29) is 29.4 Å². The summed E-state index contributed by atoms with van der Waals surface area (Å²) in [7, 11) is 0. The highest BCUT2D eigenvalue weighted by molar-refractivity contribution is 8.14. The summed E-state index contributed by atoms with van der Waals surface area (Å²) in [5.41, 5.74) is 4.48. The molecule has 2 aliphatic heterocycles. The fourth-order valence-corrected chi connectivity index (χ4v) is 5.73. The molecule has 2 atom stereocenters. The smallest absolute Gasteiger partial charge is 0.247 e. The van der Waals surface area contributed by atoms with Gasteiger partial charge in [-0.15, -0.1) is 0 Å². The highest BCUT2D eigenvalue weighted by Gasteiger charge is 2.42. The van der Waals surface area contributed by atoms with Gasteiger partial charge in [0.15, 0.2) is 5.17 Å². The summed E-state index contributed by atoms with van der Waals surface area (Å²) >= 11 is 7.19. The second-order valence-corrected chi connectivity index (χ2v) is 11.2. The van der Waals surface area contributed by atoms with Crippen LogP contribution in [0.4, 0.5) is 5.69 Å². The lowest BCUT2D eigenvalue weighted by molar-refractivity contribution is -0.121. The molecule has 1 N–H and O–H groups in total. The predicted molar refractivity (Wildman–Crippen MR) is 157 cm³/mol. The number of carbonyl (C=O) groups is 2.